The fourth-order valence-corrected chi connectivity index (χ4v) is 2.16. The van der Waals surface area contributed by atoms with Crippen molar-refractivity contribution in [1.82, 2.24) is 9.88 Å². The largest absolute Gasteiger partial charge is 0.480 e. The summed E-state index contributed by atoms with van der Waals surface area (Å²) < 4.78 is 5.07. The van der Waals surface area contributed by atoms with Crippen molar-refractivity contribution >= 4 is 5.91 Å². The van der Waals surface area contributed by atoms with E-state index in [0.717, 1.165) is 12.8 Å². The standard InChI is InChI=1S/C12H16N2O3/c1-17-11-10(5-2-6-13-11)12(16)14-7-3-4-9(14)8-15/h2,5-6,9,15H,3-4,7-8H2,1H3. The van der Waals surface area contributed by atoms with Crippen LogP contribution in [0.3, 0.4) is 0 Å². The number of hydrogen-bond donors (Lipinski definition) is 1. The zero-order chi connectivity index (χ0) is 12.3. The number of aliphatic hydroxyl groups excluding tert-OH is 1. The Labute approximate surface area is 100 Å². The molecule has 1 unspecified atom stereocenters. The van der Waals surface area contributed by atoms with Gasteiger partial charge < -0.3 is 14.7 Å². The molecule has 0 radical (unpaired) electrons. The molecule has 1 N–H and O–H groups in total. The van der Waals surface area contributed by atoms with Crippen molar-refractivity contribution in [2.75, 3.05) is 20.3 Å². The van der Waals surface area contributed by atoms with E-state index < -0.39 is 0 Å². The minimum atomic E-state index is -0.119. The minimum absolute atomic E-state index is 0.00825. The van der Waals surface area contributed by atoms with Gasteiger partial charge in [0.1, 0.15) is 5.56 Å². The number of hydrogen-bond acceptors (Lipinski definition) is 4. The molecular weight excluding hydrogens is 220 g/mol. The lowest BCUT2D eigenvalue weighted by Gasteiger charge is -2.23. The average Bonchev–Trinajstić information content (AvgIpc) is 2.86. The van der Waals surface area contributed by atoms with Gasteiger partial charge in [-0.1, -0.05) is 0 Å². The van der Waals surface area contributed by atoms with Crippen LogP contribution >= 0.6 is 0 Å². The van der Waals surface area contributed by atoms with Gasteiger partial charge in [-0.15, -0.1) is 0 Å². The van der Waals surface area contributed by atoms with Gasteiger partial charge in [0.25, 0.3) is 5.91 Å². The van der Waals surface area contributed by atoms with E-state index in [1.54, 1.807) is 23.2 Å². The van der Waals surface area contributed by atoms with Crippen LogP contribution in [-0.2, 0) is 0 Å². The van der Waals surface area contributed by atoms with Crippen molar-refractivity contribution in [3.8, 4) is 5.88 Å². The van der Waals surface area contributed by atoms with Crippen LogP contribution in [0, 0.1) is 0 Å². The van der Waals surface area contributed by atoms with E-state index in [9.17, 15) is 9.90 Å². The van der Waals surface area contributed by atoms with Crippen LogP contribution in [0.1, 0.15) is 23.2 Å². The van der Waals surface area contributed by atoms with Gasteiger partial charge in [0.2, 0.25) is 5.88 Å². The number of rotatable bonds is 3. The van der Waals surface area contributed by atoms with Crippen molar-refractivity contribution in [2.24, 2.45) is 0 Å². The van der Waals surface area contributed by atoms with Crippen LogP contribution in [0.25, 0.3) is 0 Å². The molecule has 1 saturated heterocycles. The maximum absolute atomic E-state index is 12.3. The monoisotopic (exact) mass is 236 g/mol. The summed E-state index contributed by atoms with van der Waals surface area (Å²) in [6.07, 6.45) is 3.37. The van der Waals surface area contributed by atoms with E-state index >= 15 is 0 Å². The maximum Gasteiger partial charge on any atom is 0.259 e. The second kappa shape index (κ2) is 5.14. The van der Waals surface area contributed by atoms with E-state index in [-0.39, 0.29) is 18.6 Å². The average molecular weight is 236 g/mol. The highest BCUT2D eigenvalue weighted by Crippen LogP contribution is 2.23. The number of amides is 1. The Bertz CT molecular complexity index is 408. The first-order chi connectivity index (χ1) is 8.27. The van der Waals surface area contributed by atoms with Gasteiger partial charge in [-0.25, -0.2) is 4.98 Å². The van der Waals surface area contributed by atoms with E-state index in [1.165, 1.54) is 7.11 Å². The quantitative estimate of drug-likeness (QED) is 0.838. The number of likely N-dealkylation sites (tertiary alicyclic amines) is 1. The molecule has 1 aliphatic heterocycles. The van der Waals surface area contributed by atoms with Gasteiger partial charge in [-0.3, -0.25) is 4.79 Å². The Hall–Kier alpha value is -1.62. The molecule has 1 aromatic rings. The molecule has 5 heteroatoms. The minimum Gasteiger partial charge on any atom is -0.480 e. The van der Waals surface area contributed by atoms with Crippen molar-refractivity contribution in [1.29, 1.82) is 0 Å². The second-order valence-corrected chi connectivity index (χ2v) is 4.04. The fourth-order valence-electron chi connectivity index (χ4n) is 2.16. The molecule has 17 heavy (non-hydrogen) atoms. The van der Waals surface area contributed by atoms with Gasteiger partial charge in [0, 0.05) is 12.7 Å². The second-order valence-electron chi connectivity index (χ2n) is 4.04. The third-order valence-electron chi connectivity index (χ3n) is 3.04. The number of carbonyl (C=O) groups is 1. The Balaban J connectivity index is 2.24. The van der Waals surface area contributed by atoms with E-state index in [0.29, 0.717) is 18.0 Å². The third-order valence-corrected chi connectivity index (χ3v) is 3.04. The van der Waals surface area contributed by atoms with E-state index in [4.69, 9.17) is 4.74 Å². The molecule has 1 fully saturated rings. The summed E-state index contributed by atoms with van der Waals surface area (Å²) in [6.45, 7) is 0.691. The topological polar surface area (TPSA) is 62.7 Å². The number of nitrogens with zero attached hydrogens (tertiary/aromatic N) is 2. The van der Waals surface area contributed by atoms with Gasteiger partial charge in [0.15, 0.2) is 0 Å². The summed E-state index contributed by atoms with van der Waals surface area (Å²) in [5.74, 6) is 0.215. The summed E-state index contributed by atoms with van der Waals surface area (Å²) in [6, 6.07) is 3.33. The molecule has 2 rings (SSSR count). The Kier molecular flexibility index (Phi) is 3.58. The van der Waals surface area contributed by atoms with Crippen LogP contribution in [0.4, 0.5) is 0 Å². The van der Waals surface area contributed by atoms with Crippen LogP contribution < -0.4 is 4.74 Å². The molecule has 1 aromatic heterocycles. The van der Waals surface area contributed by atoms with Gasteiger partial charge in [-0.05, 0) is 25.0 Å². The normalized spacial score (nSPS) is 19.4. The summed E-state index contributed by atoms with van der Waals surface area (Å²) in [7, 11) is 1.49. The molecular formula is C12H16N2O3. The molecule has 5 nitrogen and oxygen atoms in total. The Morgan fingerprint density at radius 1 is 1.71 bits per heavy atom. The lowest BCUT2D eigenvalue weighted by molar-refractivity contribution is 0.0673. The number of aromatic nitrogens is 1. The van der Waals surface area contributed by atoms with E-state index in [1.807, 2.05) is 0 Å². The molecule has 0 aromatic carbocycles. The highest BCUT2D eigenvalue weighted by molar-refractivity contribution is 5.96. The first-order valence-electron chi connectivity index (χ1n) is 5.68. The van der Waals surface area contributed by atoms with Crippen LogP contribution in [0.5, 0.6) is 5.88 Å². The number of ether oxygens (including phenoxy) is 1. The molecule has 1 amide bonds. The number of pyridine rings is 1. The summed E-state index contributed by atoms with van der Waals surface area (Å²) in [4.78, 5) is 18.0. The van der Waals surface area contributed by atoms with Crippen molar-refractivity contribution in [3.05, 3.63) is 23.9 Å². The van der Waals surface area contributed by atoms with E-state index in [2.05, 4.69) is 4.98 Å². The van der Waals surface area contributed by atoms with Crippen molar-refractivity contribution in [2.45, 2.75) is 18.9 Å². The Morgan fingerprint density at radius 2 is 2.53 bits per heavy atom. The molecule has 1 aliphatic rings. The predicted octanol–water partition coefficient (Wildman–Crippen LogP) is 0.687. The summed E-state index contributed by atoms with van der Waals surface area (Å²) in [5, 5.41) is 9.22. The molecule has 0 spiro atoms. The molecule has 0 saturated carbocycles. The molecule has 0 bridgehead atoms. The third kappa shape index (κ3) is 2.24. The first kappa shape index (κ1) is 11.9. The molecule has 0 aliphatic carbocycles. The summed E-state index contributed by atoms with van der Waals surface area (Å²) >= 11 is 0. The Morgan fingerprint density at radius 3 is 3.24 bits per heavy atom. The SMILES string of the molecule is COc1ncccc1C(=O)N1CCCC1CO. The van der Waals surface area contributed by atoms with Crippen LogP contribution in [0.15, 0.2) is 18.3 Å². The number of carbonyl (C=O) groups excluding carboxylic acids is 1. The molecule has 92 valence electrons. The zero-order valence-corrected chi connectivity index (χ0v) is 9.80. The fraction of sp³-hybridized carbons (Fsp3) is 0.500. The van der Waals surface area contributed by atoms with Crippen LogP contribution in [0.2, 0.25) is 0 Å². The lowest BCUT2D eigenvalue weighted by atomic mass is 10.2. The highest BCUT2D eigenvalue weighted by Gasteiger charge is 2.30. The van der Waals surface area contributed by atoms with Crippen molar-refractivity contribution < 1.29 is 14.6 Å². The number of aliphatic hydroxyl groups is 1. The number of methoxy groups -OCH3 is 1. The van der Waals surface area contributed by atoms with Crippen molar-refractivity contribution in [3.63, 3.8) is 0 Å². The smallest absolute Gasteiger partial charge is 0.259 e. The maximum atomic E-state index is 12.3. The first-order valence-corrected chi connectivity index (χ1v) is 5.68. The summed E-state index contributed by atoms with van der Waals surface area (Å²) in [5.41, 5.74) is 0.454. The zero-order valence-electron chi connectivity index (χ0n) is 9.80. The van der Waals surface area contributed by atoms with Gasteiger partial charge in [0.05, 0.1) is 19.8 Å². The van der Waals surface area contributed by atoms with Gasteiger partial charge in [-0.2, -0.15) is 0 Å². The van der Waals surface area contributed by atoms with Crippen LogP contribution in [-0.4, -0.2) is 47.2 Å². The predicted molar refractivity (Wildman–Crippen MR) is 61.9 cm³/mol. The molecule has 1 atom stereocenters. The lowest BCUT2D eigenvalue weighted by Crippen LogP contribution is -2.37. The highest BCUT2D eigenvalue weighted by atomic mass is 16.5. The van der Waals surface area contributed by atoms with Gasteiger partial charge >= 0.3 is 0 Å². The molecule has 2 heterocycles.